The molecule has 0 saturated carbocycles. The molecular weight excluding hydrogens is 318 g/mol. The Labute approximate surface area is 108 Å². The lowest BCUT2D eigenvalue weighted by Gasteiger charge is -1.98. The van der Waals surface area contributed by atoms with E-state index in [-0.39, 0.29) is 23.1 Å². The normalized spacial score (nSPS) is 13.2. The van der Waals surface area contributed by atoms with Gasteiger partial charge in [-0.25, -0.2) is 27.1 Å². The van der Waals surface area contributed by atoms with Crippen LogP contribution in [0, 0.1) is 0 Å². The number of hydrogen-bond donors (Lipinski definition) is 2. The van der Waals surface area contributed by atoms with E-state index in [1.165, 1.54) is 0 Å². The molecule has 0 aliphatic carbocycles. The van der Waals surface area contributed by atoms with Crippen LogP contribution in [0.2, 0.25) is 0 Å². The van der Waals surface area contributed by atoms with E-state index in [9.17, 15) is 43.2 Å². The van der Waals surface area contributed by atoms with Crippen molar-refractivity contribution in [2.75, 3.05) is 0 Å². The first-order chi connectivity index (χ1) is 6.50. The smallest absolute Gasteiger partial charge is 0.221 e. The standard InChI is InChI=1S/2CH2F3NO2S.Mg/c2*2-1(3,4)8(5,6)7;/h2*(H2,5,6,7);. The maximum atomic E-state index is 10.8. The van der Waals surface area contributed by atoms with Crippen molar-refractivity contribution in [3.8, 4) is 0 Å². The third kappa shape index (κ3) is 9.83. The molecule has 0 saturated heterocycles. The molecule has 0 fully saturated rings. The molecule has 0 unspecified atom stereocenters. The number of alkyl halides is 6. The van der Waals surface area contributed by atoms with E-state index >= 15 is 0 Å². The summed E-state index contributed by atoms with van der Waals surface area (Å²) >= 11 is 0. The molecule has 0 rings (SSSR count). The Morgan fingerprint density at radius 3 is 0.706 bits per heavy atom. The predicted octanol–water partition coefficient (Wildman–Crippen LogP) is -0.791. The fourth-order valence-corrected chi connectivity index (χ4v) is 0. The van der Waals surface area contributed by atoms with Gasteiger partial charge < -0.3 is 0 Å². The van der Waals surface area contributed by atoms with Crippen molar-refractivity contribution < 1.29 is 43.2 Å². The van der Waals surface area contributed by atoms with E-state index < -0.39 is 31.1 Å². The van der Waals surface area contributed by atoms with Gasteiger partial charge in [-0.3, -0.25) is 0 Å². The number of rotatable bonds is 0. The largest absolute Gasteiger partial charge is 0.511 e. The molecule has 0 aromatic heterocycles. The zero-order valence-corrected chi connectivity index (χ0v) is 10.6. The third-order valence-corrected chi connectivity index (χ3v) is 1.94. The van der Waals surface area contributed by atoms with Gasteiger partial charge in [0, 0.05) is 23.1 Å². The van der Waals surface area contributed by atoms with E-state index in [1.54, 1.807) is 0 Å². The Morgan fingerprint density at radius 1 is 0.647 bits per heavy atom. The number of sulfonamides is 2. The van der Waals surface area contributed by atoms with Crippen molar-refractivity contribution >= 4 is 43.1 Å². The van der Waals surface area contributed by atoms with Gasteiger partial charge in [0.15, 0.2) is 0 Å². The summed E-state index contributed by atoms with van der Waals surface area (Å²) in [4.78, 5) is 0. The molecule has 0 aliphatic rings. The first-order valence-corrected chi connectivity index (χ1v) is 5.77. The van der Waals surface area contributed by atoms with E-state index in [0.29, 0.717) is 0 Å². The van der Waals surface area contributed by atoms with E-state index in [1.807, 2.05) is 0 Å². The number of nitrogens with two attached hydrogens (primary N) is 2. The Bertz CT molecular complexity index is 380. The molecular formula is C2H4F6MgN2O4S2. The highest BCUT2D eigenvalue weighted by molar-refractivity contribution is 7.90. The van der Waals surface area contributed by atoms with Crippen LogP contribution in [-0.4, -0.2) is 50.9 Å². The van der Waals surface area contributed by atoms with Gasteiger partial charge in [0.05, 0.1) is 0 Å². The van der Waals surface area contributed by atoms with Crippen LogP contribution in [0.3, 0.4) is 0 Å². The fourth-order valence-electron chi connectivity index (χ4n) is 0. The van der Waals surface area contributed by atoms with Crippen molar-refractivity contribution in [3.05, 3.63) is 0 Å². The van der Waals surface area contributed by atoms with Crippen LogP contribution in [0.5, 0.6) is 0 Å². The number of halogens is 6. The molecule has 102 valence electrons. The minimum atomic E-state index is -5.34. The summed E-state index contributed by atoms with van der Waals surface area (Å²) in [5, 5.41) is 7.32. The second kappa shape index (κ2) is 6.37. The second-order valence-corrected chi connectivity index (χ2v) is 5.09. The molecule has 0 bridgehead atoms. The first-order valence-electron chi connectivity index (χ1n) is 2.68. The molecule has 2 radical (unpaired) electrons. The van der Waals surface area contributed by atoms with Gasteiger partial charge >= 0.3 is 31.1 Å². The highest BCUT2D eigenvalue weighted by Gasteiger charge is 2.43. The van der Waals surface area contributed by atoms with Crippen LogP contribution in [0.15, 0.2) is 0 Å². The van der Waals surface area contributed by atoms with Crippen molar-refractivity contribution in [1.29, 1.82) is 0 Å². The average Bonchev–Trinajstić information content (AvgIpc) is 1.77. The van der Waals surface area contributed by atoms with Crippen LogP contribution in [0.4, 0.5) is 26.3 Å². The molecule has 0 amide bonds. The second-order valence-electron chi connectivity index (χ2n) is 1.98. The van der Waals surface area contributed by atoms with Gasteiger partial charge in [-0.2, -0.15) is 26.3 Å². The van der Waals surface area contributed by atoms with Crippen molar-refractivity contribution in [2.45, 2.75) is 11.0 Å². The zero-order chi connectivity index (χ0) is 14.0. The Hall–Kier alpha value is 0.166. The lowest BCUT2D eigenvalue weighted by Crippen LogP contribution is -2.30. The molecule has 15 heteroatoms. The summed E-state index contributed by atoms with van der Waals surface area (Å²) in [7, 11) is -10.7. The maximum absolute atomic E-state index is 10.8. The van der Waals surface area contributed by atoms with E-state index in [4.69, 9.17) is 0 Å². The average molecular weight is 322 g/mol. The highest BCUT2D eigenvalue weighted by atomic mass is 32.2. The van der Waals surface area contributed by atoms with Crippen LogP contribution in [0.25, 0.3) is 0 Å². The molecule has 0 atom stereocenters. The monoisotopic (exact) mass is 322 g/mol. The Kier molecular flexibility index (Phi) is 8.37. The topological polar surface area (TPSA) is 120 Å². The predicted molar refractivity (Wildman–Crippen MR) is 44.1 cm³/mol. The van der Waals surface area contributed by atoms with Crippen LogP contribution < -0.4 is 10.3 Å². The third-order valence-electron chi connectivity index (χ3n) is 0.645. The molecule has 0 spiro atoms. The van der Waals surface area contributed by atoms with Crippen LogP contribution >= 0.6 is 0 Å². The lowest BCUT2D eigenvalue weighted by molar-refractivity contribution is -0.0441. The van der Waals surface area contributed by atoms with Gasteiger partial charge in [0.25, 0.3) is 0 Å². The molecule has 17 heavy (non-hydrogen) atoms. The van der Waals surface area contributed by atoms with Crippen molar-refractivity contribution in [2.24, 2.45) is 10.3 Å². The molecule has 4 N–H and O–H groups in total. The van der Waals surface area contributed by atoms with Crippen molar-refractivity contribution in [1.82, 2.24) is 0 Å². The van der Waals surface area contributed by atoms with Crippen molar-refractivity contribution in [3.63, 3.8) is 0 Å². The Morgan fingerprint density at radius 2 is 0.706 bits per heavy atom. The summed E-state index contributed by atoms with van der Waals surface area (Å²) in [5.41, 5.74) is -10.6. The summed E-state index contributed by atoms with van der Waals surface area (Å²) < 4.78 is 102. The Balaban J connectivity index is -0.000000218. The number of hydrogen-bond acceptors (Lipinski definition) is 4. The van der Waals surface area contributed by atoms with Gasteiger partial charge in [0.2, 0.25) is 0 Å². The summed E-state index contributed by atoms with van der Waals surface area (Å²) in [5.74, 6) is 0. The minimum Gasteiger partial charge on any atom is -0.221 e. The first kappa shape index (κ1) is 22.4. The summed E-state index contributed by atoms with van der Waals surface area (Å²) in [6.45, 7) is 0. The van der Waals surface area contributed by atoms with Crippen LogP contribution in [-0.2, 0) is 20.0 Å². The van der Waals surface area contributed by atoms with E-state index in [2.05, 4.69) is 10.3 Å². The molecule has 0 aromatic carbocycles. The van der Waals surface area contributed by atoms with Crippen LogP contribution in [0.1, 0.15) is 0 Å². The minimum absolute atomic E-state index is 0. The highest BCUT2D eigenvalue weighted by Crippen LogP contribution is 2.19. The molecule has 6 nitrogen and oxygen atoms in total. The SMILES string of the molecule is NS(=O)(=O)C(F)(F)F.NS(=O)(=O)C(F)(F)F.[Mg]. The zero-order valence-electron chi connectivity index (χ0n) is 7.58. The van der Waals surface area contributed by atoms with Gasteiger partial charge in [-0.1, -0.05) is 0 Å². The fraction of sp³-hybridized carbons (Fsp3) is 1.00. The van der Waals surface area contributed by atoms with Gasteiger partial charge in [-0.05, 0) is 0 Å². The lowest BCUT2D eigenvalue weighted by atomic mass is 11.6. The number of primary sulfonamides is 2. The summed E-state index contributed by atoms with van der Waals surface area (Å²) in [6, 6.07) is 0. The van der Waals surface area contributed by atoms with Gasteiger partial charge in [0.1, 0.15) is 0 Å². The molecule has 0 heterocycles. The quantitative estimate of drug-likeness (QED) is 0.448. The molecule has 0 aliphatic heterocycles. The molecule has 0 aromatic rings. The van der Waals surface area contributed by atoms with E-state index in [0.717, 1.165) is 0 Å². The summed E-state index contributed by atoms with van der Waals surface area (Å²) in [6.07, 6.45) is 0. The van der Waals surface area contributed by atoms with Gasteiger partial charge in [-0.15, -0.1) is 0 Å². The maximum Gasteiger partial charge on any atom is 0.511 e.